The summed E-state index contributed by atoms with van der Waals surface area (Å²) < 4.78 is 7.69. The summed E-state index contributed by atoms with van der Waals surface area (Å²) in [6.45, 7) is 4.72. The van der Waals surface area contributed by atoms with Crippen LogP contribution in [0, 0.1) is 6.92 Å². The highest BCUT2D eigenvalue weighted by Crippen LogP contribution is 2.24. The normalized spacial score (nSPS) is 16.9. The van der Waals surface area contributed by atoms with Crippen molar-refractivity contribution in [2.24, 2.45) is 0 Å². The number of nitrogens with zero attached hydrogens (tertiary/aromatic N) is 4. The fourth-order valence-electron chi connectivity index (χ4n) is 3.52. The van der Waals surface area contributed by atoms with Gasteiger partial charge in [-0.05, 0) is 36.8 Å². The third-order valence-electron chi connectivity index (χ3n) is 4.76. The molecule has 1 aliphatic rings. The first-order valence-corrected chi connectivity index (χ1v) is 9.13. The molecule has 7 nitrogen and oxygen atoms in total. The fourth-order valence-corrected chi connectivity index (χ4v) is 3.52. The molecule has 0 radical (unpaired) electrons. The maximum absolute atomic E-state index is 12.5. The second-order valence-corrected chi connectivity index (χ2v) is 6.95. The Labute approximate surface area is 158 Å². The molecule has 0 bridgehead atoms. The quantitative estimate of drug-likeness (QED) is 0.726. The van der Waals surface area contributed by atoms with Gasteiger partial charge in [0, 0.05) is 38.2 Å². The molecular weight excluding hydrogens is 342 g/mol. The van der Waals surface area contributed by atoms with Crippen LogP contribution < -0.4 is 5.32 Å². The molecule has 0 aromatic carbocycles. The number of fused-ring (bicyclic) bond motifs is 1. The first-order valence-electron chi connectivity index (χ1n) is 9.13. The molecule has 1 atom stereocenters. The number of carbonyl (C=O) groups is 1. The molecule has 0 unspecified atom stereocenters. The molecule has 7 heteroatoms. The van der Waals surface area contributed by atoms with Crippen molar-refractivity contribution in [3.8, 4) is 0 Å². The number of carbonyl (C=O) groups excluding carboxylic acids is 1. The Balaban J connectivity index is 1.39. The van der Waals surface area contributed by atoms with E-state index in [1.54, 1.807) is 18.6 Å². The second kappa shape index (κ2) is 7.75. The molecule has 27 heavy (non-hydrogen) atoms. The topological polar surface area (TPSA) is 76.2 Å². The van der Waals surface area contributed by atoms with E-state index in [4.69, 9.17) is 4.42 Å². The Hall–Kier alpha value is -2.93. The monoisotopic (exact) mass is 365 g/mol. The van der Waals surface area contributed by atoms with Gasteiger partial charge in [0.2, 0.25) is 5.91 Å². The second-order valence-electron chi connectivity index (χ2n) is 6.95. The highest BCUT2D eigenvalue weighted by Gasteiger charge is 2.27. The van der Waals surface area contributed by atoms with E-state index in [0.29, 0.717) is 13.0 Å². The largest absolute Gasteiger partial charge is 0.465 e. The van der Waals surface area contributed by atoms with Crippen molar-refractivity contribution in [3.05, 3.63) is 71.7 Å². The number of hydrogen-bond acceptors (Lipinski definition) is 5. The third-order valence-corrected chi connectivity index (χ3v) is 4.76. The average molecular weight is 365 g/mol. The Morgan fingerprint density at radius 1 is 1.30 bits per heavy atom. The van der Waals surface area contributed by atoms with Crippen molar-refractivity contribution in [1.29, 1.82) is 0 Å². The average Bonchev–Trinajstić information content (AvgIpc) is 3.30. The standard InChI is InChI=1S/C20H23N5O2/c1-15-4-5-19(27-15)14-24-12-17-6-8-23-25(17)18(13-24)9-20(26)22-11-16-3-2-7-21-10-16/h2-8,10,18H,9,11-14H2,1H3,(H,22,26)/t18-/m0/s1. The van der Waals surface area contributed by atoms with Gasteiger partial charge in [0.05, 0.1) is 24.7 Å². The van der Waals surface area contributed by atoms with Gasteiger partial charge >= 0.3 is 0 Å². The van der Waals surface area contributed by atoms with Crippen molar-refractivity contribution in [2.75, 3.05) is 6.54 Å². The Kier molecular flexibility index (Phi) is 5.02. The van der Waals surface area contributed by atoms with Gasteiger partial charge in [-0.15, -0.1) is 0 Å². The minimum atomic E-state index is 0.00806. The highest BCUT2D eigenvalue weighted by molar-refractivity contribution is 5.76. The number of rotatable bonds is 6. The zero-order chi connectivity index (χ0) is 18.6. The first kappa shape index (κ1) is 17.5. The zero-order valence-electron chi connectivity index (χ0n) is 15.3. The Morgan fingerprint density at radius 3 is 3.00 bits per heavy atom. The lowest BCUT2D eigenvalue weighted by Gasteiger charge is -2.33. The highest BCUT2D eigenvalue weighted by atomic mass is 16.3. The lowest BCUT2D eigenvalue weighted by molar-refractivity contribution is -0.122. The number of aromatic nitrogens is 3. The number of aryl methyl sites for hydroxylation is 1. The summed E-state index contributed by atoms with van der Waals surface area (Å²) in [7, 11) is 0. The molecule has 0 saturated carbocycles. The van der Waals surface area contributed by atoms with Gasteiger partial charge < -0.3 is 9.73 Å². The van der Waals surface area contributed by atoms with E-state index < -0.39 is 0 Å². The van der Waals surface area contributed by atoms with Gasteiger partial charge in [-0.1, -0.05) is 6.07 Å². The SMILES string of the molecule is Cc1ccc(CN2Cc3ccnn3[C@@H](CC(=O)NCc3cccnc3)C2)o1. The van der Waals surface area contributed by atoms with Crippen LogP contribution in [0.3, 0.4) is 0 Å². The molecule has 3 aromatic heterocycles. The number of pyridine rings is 1. The number of furan rings is 1. The van der Waals surface area contributed by atoms with Crippen LogP contribution in [-0.4, -0.2) is 32.1 Å². The number of amides is 1. The maximum Gasteiger partial charge on any atom is 0.222 e. The van der Waals surface area contributed by atoms with Crippen LogP contribution in [0.25, 0.3) is 0 Å². The van der Waals surface area contributed by atoms with Gasteiger partial charge in [-0.25, -0.2) is 0 Å². The molecule has 0 spiro atoms. The van der Waals surface area contributed by atoms with E-state index in [0.717, 1.165) is 42.4 Å². The molecule has 1 amide bonds. The van der Waals surface area contributed by atoms with Crippen LogP contribution in [0.15, 0.2) is 53.3 Å². The van der Waals surface area contributed by atoms with Crippen molar-refractivity contribution in [3.63, 3.8) is 0 Å². The van der Waals surface area contributed by atoms with Crippen LogP contribution in [0.5, 0.6) is 0 Å². The van der Waals surface area contributed by atoms with E-state index in [-0.39, 0.29) is 11.9 Å². The summed E-state index contributed by atoms with van der Waals surface area (Å²) >= 11 is 0. The Bertz CT molecular complexity index is 902. The number of nitrogens with one attached hydrogen (secondary N) is 1. The van der Waals surface area contributed by atoms with E-state index in [2.05, 4.69) is 20.3 Å². The Morgan fingerprint density at radius 2 is 2.22 bits per heavy atom. The van der Waals surface area contributed by atoms with Crippen LogP contribution >= 0.6 is 0 Å². The van der Waals surface area contributed by atoms with Gasteiger partial charge in [-0.3, -0.25) is 19.4 Å². The summed E-state index contributed by atoms with van der Waals surface area (Å²) in [6.07, 6.45) is 5.68. The summed E-state index contributed by atoms with van der Waals surface area (Å²) in [4.78, 5) is 18.8. The van der Waals surface area contributed by atoms with Crippen molar-refractivity contribution in [2.45, 2.75) is 39.0 Å². The zero-order valence-corrected chi connectivity index (χ0v) is 15.3. The molecular formula is C20H23N5O2. The molecule has 0 saturated heterocycles. The molecule has 4 heterocycles. The lowest BCUT2D eigenvalue weighted by Crippen LogP contribution is -2.39. The maximum atomic E-state index is 12.5. The van der Waals surface area contributed by atoms with Crippen LogP contribution in [0.1, 0.15) is 35.2 Å². The van der Waals surface area contributed by atoms with Crippen LogP contribution in [0.2, 0.25) is 0 Å². The minimum absolute atomic E-state index is 0.00806. The van der Waals surface area contributed by atoms with Gasteiger partial charge in [0.25, 0.3) is 0 Å². The summed E-state index contributed by atoms with van der Waals surface area (Å²) in [5, 5.41) is 7.41. The molecule has 4 rings (SSSR count). The van der Waals surface area contributed by atoms with Crippen LogP contribution in [-0.2, 0) is 24.4 Å². The summed E-state index contributed by atoms with van der Waals surface area (Å²) in [5.74, 6) is 1.87. The molecule has 1 N–H and O–H groups in total. The molecule has 0 aliphatic carbocycles. The van der Waals surface area contributed by atoms with E-state index >= 15 is 0 Å². The predicted octanol–water partition coefficient (Wildman–Crippen LogP) is 2.44. The fraction of sp³-hybridized carbons (Fsp3) is 0.350. The van der Waals surface area contributed by atoms with Crippen molar-refractivity contribution in [1.82, 2.24) is 25.0 Å². The van der Waals surface area contributed by atoms with E-state index in [1.807, 2.05) is 41.9 Å². The summed E-state index contributed by atoms with van der Waals surface area (Å²) in [5.41, 5.74) is 2.11. The lowest BCUT2D eigenvalue weighted by atomic mass is 10.1. The van der Waals surface area contributed by atoms with Crippen molar-refractivity contribution >= 4 is 5.91 Å². The number of hydrogen-bond donors (Lipinski definition) is 1. The predicted molar refractivity (Wildman–Crippen MR) is 99.5 cm³/mol. The van der Waals surface area contributed by atoms with E-state index in [1.165, 1.54) is 0 Å². The smallest absolute Gasteiger partial charge is 0.222 e. The molecule has 3 aromatic rings. The molecule has 0 fully saturated rings. The van der Waals surface area contributed by atoms with Crippen molar-refractivity contribution < 1.29 is 9.21 Å². The van der Waals surface area contributed by atoms with Gasteiger partial charge in [-0.2, -0.15) is 5.10 Å². The summed E-state index contributed by atoms with van der Waals surface area (Å²) in [6, 6.07) is 9.83. The minimum Gasteiger partial charge on any atom is -0.465 e. The van der Waals surface area contributed by atoms with Crippen LogP contribution in [0.4, 0.5) is 0 Å². The van der Waals surface area contributed by atoms with Gasteiger partial charge in [0.15, 0.2) is 0 Å². The third kappa shape index (κ3) is 4.25. The molecule has 1 aliphatic heterocycles. The first-order chi connectivity index (χ1) is 13.2. The van der Waals surface area contributed by atoms with E-state index in [9.17, 15) is 4.79 Å². The molecule has 140 valence electrons. The van der Waals surface area contributed by atoms with Gasteiger partial charge in [0.1, 0.15) is 11.5 Å².